The number of hydrogen-bond donors (Lipinski definition) is 2. The summed E-state index contributed by atoms with van der Waals surface area (Å²) < 4.78 is 27.9. The molecule has 0 aliphatic heterocycles. The second-order valence-corrected chi connectivity index (χ2v) is 7.87. The maximum atomic E-state index is 12.7. The third-order valence-corrected chi connectivity index (χ3v) is 6.03. The van der Waals surface area contributed by atoms with E-state index >= 15 is 0 Å². The lowest BCUT2D eigenvalue weighted by molar-refractivity contribution is -0.122. The Balaban J connectivity index is 2.28. The summed E-state index contributed by atoms with van der Waals surface area (Å²) in [7, 11) is -3.74. The molecule has 1 aromatic carbocycles. The summed E-state index contributed by atoms with van der Waals surface area (Å²) in [4.78, 5) is 12.3. The van der Waals surface area contributed by atoms with Crippen molar-refractivity contribution in [2.75, 3.05) is 0 Å². The van der Waals surface area contributed by atoms with E-state index in [0.29, 0.717) is 0 Å². The first kappa shape index (κ1) is 17.0. The molecular weight excluding hydrogens is 300 g/mol. The Morgan fingerprint density at radius 2 is 1.64 bits per heavy atom. The molecule has 0 radical (unpaired) electrons. The summed E-state index contributed by atoms with van der Waals surface area (Å²) in [5.41, 5.74) is 3.31. The van der Waals surface area contributed by atoms with Crippen molar-refractivity contribution in [3.8, 4) is 0 Å². The minimum absolute atomic E-state index is 0.212. The van der Waals surface area contributed by atoms with Crippen molar-refractivity contribution in [2.24, 2.45) is 0 Å². The highest BCUT2D eigenvalue weighted by Crippen LogP contribution is 2.26. The molecule has 1 aliphatic rings. The fraction of sp³-hybridized carbons (Fsp3) is 0.562. The van der Waals surface area contributed by atoms with Crippen molar-refractivity contribution >= 4 is 15.9 Å². The van der Waals surface area contributed by atoms with Gasteiger partial charge in [0.15, 0.2) is 0 Å². The molecule has 6 heteroatoms. The average molecular weight is 324 g/mol. The minimum atomic E-state index is -3.74. The summed E-state index contributed by atoms with van der Waals surface area (Å²) in [5, 5.41) is 2.81. The van der Waals surface area contributed by atoms with Gasteiger partial charge in [0.05, 0.1) is 10.9 Å². The molecular formula is C16H24N2O3S. The van der Waals surface area contributed by atoms with Crippen LogP contribution in [0.2, 0.25) is 0 Å². The molecule has 1 amide bonds. The van der Waals surface area contributed by atoms with Gasteiger partial charge >= 0.3 is 0 Å². The summed E-state index contributed by atoms with van der Waals surface area (Å²) in [6.45, 7) is 8.95. The molecule has 2 rings (SSSR count). The predicted octanol–water partition coefficient (Wildman–Crippen LogP) is 1.87. The van der Waals surface area contributed by atoms with Crippen LogP contribution >= 0.6 is 0 Å². The maximum Gasteiger partial charge on any atom is 0.241 e. The summed E-state index contributed by atoms with van der Waals surface area (Å²) in [5.74, 6) is -0.272. The second-order valence-electron chi connectivity index (χ2n) is 6.22. The van der Waals surface area contributed by atoms with Gasteiger partial charge < -0.3 is 5.32 Å². The number of carbonyl (C=O) groups is 1. The van der Waals surface area contributed by atoms with E-state index in [9.17, 15) is 13.2 Å². The number of sulfonamides is 1. The van der Waals surface area contributed by atoms with Crippen LogP contribution in [0.5, 0.6) is 0 Å². The Labute approximate surface area is 132 Å². The van der Waals surface area contributed by atoms with Gasteiger partial charge in [-0.25, -0.2) is 8.42 Å². The van der Waals surface area contributed by atoms with Gasteiger partial charge in [0.25, 0.3) is 0 Å². The van der Waals surface area contributed by atoms with Crippen molar-refractivity contribution in [3.63, 3.8) is 0 Å². The zero-order valence-corrected chi connectivity index (χ0v) is 14.6. The Morgan fingerprint density at radius 1 is 1.14 bits per heavy atom. The Morgan fingerprint density at radius 3 is 2.09 bits per heavy atom. The first-order chi connectivity index (χ1) is 10.1. The van der Waals surface area contributed by atoms with E-state index in [0.717, 1.165) is 35.1 Å². The molecule has 0 aromatic heterocycles. The lowest BCUT2D eigenvalue weighted by Gasteiger charge is -2.19. The molecule has 1 saturated carbocycles. The number of hydrogen-bond acceptors (Lipinski definition) is 3. The molecule has 22 heavy (non-hydrogen) atoms. The number of rotatable bonds is 5. The van der Waals surface area contributed by atoms with Crippen molar-refractivity contribution in [1.82, 2.24) is 10.0 Å². The molecule has 0 bridgehead atoms. The van der Waals surface area contributed by atoms with Crippen molar-refractivity contribution in [3.05, 3.63) is 28.3 Å². The van der Waals surface area contributed by atoms with Crippen molar-refractivity contribution in [1.29, 1.82) is 0 Å². The third kappa shape index (κ3) is 3.50. The lowest BCUT2D eigenvalue weighted by atomic mass is 10.0. The van der Waals surface area contributed by atoms with E-state index in [1.807, 2.05) is 19.9 Å². The standard InChI is InChI=1S/C16H24N2O3S/c1-9-8-10(2)12(4)15(11(9)3)22(20,21)18-13(5)16(19)17-14-6-7-14/h8,13-14,18H,6-7H2,1-5H3,(H,17,19)/t13-/m1/s1. The lowest BCUT2D eigenvalue weighted by Crippen LogP contribution is -2.45. The van der Waals surface area contributed by atoms with E-state index in [1.54, 1.807) is 20.8 Å². The van der Waals surface area contributed by atoms with Crippen molar-refractivity contribution < 1.29 is 13.2 Å². The smallest absolute Gasteiger partial charge is 0.241 e. The zero-order valence-electron chi connectivity index (χ0n) is 13.8. The first-order valence-electron chi connectivity index (χ1n) is 7.53. The Hall–Kier alpha value is -1.40. The molecule has 1 aromatic rings. The third-order valence-electron chi connectivity index (χ3n) is 4.21. The van der Waals surface area contributed by atoms with Crippen LogP contribution in [0.25, 0.3) is 0 Å². The maximum absolute atomic E-state index is 12.7. The number of aryl methyl sites for hydroxylation is 2. The van der Waals surface area contributed by atoms with E-state index in [2.05, 4.69) is 10.0 Å². The van der Waals surface area contributed by atoms with E-state index in [-0.39, 0.29) is 16.8 Å². The van der Waals surface area contributed by atoms with Gasteiger partial charge in [-0.15, -0.1) is 0 Å². The number of amides is 1. The van der Waals surface area contributed by atoms with Crippen molar-refractivity contribution in [2.45, 2.75) is 64.4 Å². The Kier molecular flexibility index (Phi) is 4.63. The van der Waals surface area contributed by atoms with E-state index in [1.165, 1.54) is 0 Å². The first-order valence-corrected chi connectivity index (χ1v) is 9.02. The van der Waals surface area contributed by atoms with Crippen LogP contribution in [-0.2, 0) is 14.8 Å². The van der Waals surface area contributed by atoms with Gasteiger partial charge in [-0.2, -0.15) is 4.72 Å². The minimum Gasteiger partial charge on any atom is -0.352 e. The highest BCUT2D eigenvalue weighted by molar-refractivity contribution is 7.89. The van der Waals surface area contributed by atoms with Gasteiger partial charge in [0.2, 0.25) is 15.9 Å². The SMILES string of the molecule is Cc1cc(C)c(C)c(S(=O)(=O)N[C@H](C)C(=O)NC2CC2)c1C. The molecule has 0 unspecified atom stereocenters. The number of benzene rings is 1. The summed E-state index contributed by atoms with van der Waals surface area (Å²) >= 11 is 0. The van der Waals surface area contributed by atoms with Crippen LogP contribution in [0.1, 0.15) is 42.0 Å². The molecule has 122 valence electrons. The van der Waals surface area contributed by atoms with Gasteiger partial charge in [-0.05, 0) is 69.7 Å². The van der Waals surface area contributed by atoms with Gasteiger partial charge in [0, 0.05) is 6.04 Å². The second kappa shape index (κ2) is 6.01. The van der Waals surface area contributed by atoms with Crippen LogP contribution in [0, 0.1) is 27.7 Å². The largest absolute Gasteiger partial charge is 0.352 e. The molecule has 2 N–H and O–H groups in total. The van der Waals surface area contributed by atoms with Gasteiger partial charge in [-0.3, -0.25) is 4.79 Å². The normalized spacial score (nSPS) is 16.4. The topological polar surface area (TPSA) is 75.3 Å². The van der Waals surface area contributed by atoms with E-state index < -0.39 is 16.1 Å². The zero-order chi connectivity index (χ0) is 16.7. The molecule has 1 fully saturated rings. The summed E-state index contributed by atoms with van der Waals surface area (Å²) in [6.07, 6.45) is 1.95. The monoisotopic (exact) mass is 324 g/mol. The molecule has 0 heterocycles. The summed E-state index contributed by atoms with van der Waals surface area (Å²) in [6, 6.07) is 1.40. The highest BCUT2D eigenvalue weighted by Gasteiger charge is 2.29. The van der Waals surface area contributed by atoms with Gasteiger partial charge in [-0.1, -0.05) is 6.07 Å². The average Bonchev–Trinajstić information content (AvgIpc) is 3.19. The Bertz CT molecular complexity index is 680. The van der Waals surface area contributed by atoms with Crippen LogP contribution < -0.4 is 10.0 Å². The molecule has 1 atom stereocenters. The fourth-order valence-electron chi connectivity index (χ4n) is 2.48. The van der Waals surface area contributed by atoms with E-state index in [4.69, 9.17) is 0 Å². The molecule has 1 aliphatic carbocycles. The molecule has 0 spiro atoms. The van der Waals surface area contributed by atoms with Crippen LogP contribution in [0.4, 0.5) is 0 Å². The highest BCUT2D eigenvalue weighted by atomic mass is 32.2. The molecule has 5 nitrogen and oxygen atoms in total. The van der Waals surface area contributed by atoms with Gasteiger partial charge in [0.1, 0.15) is 0 Å². The van der Waals surface area contributed by atoms with Crippen LogP contribution in [0.3, 0.4) is 0 Å². The number of carbonyl (C=O) groups excluding carboxylic acids is 1. The quantitative estimate of drug-likeness (QED) is 0.868. The van der Waals surface area contributed by atoms with Crippen LogP contribution in [-0.4, -0.2) is 26.4 Å². The fourth-order valence-corrected chi connectivity index (χ4v) is 4.30. The number of nitrogens with one attached hydrogen (secondary N) is 2. The molecule has 0 saturated heterocycles. The van der Waals surface area contributed by atoms with Crippen LogP contribution in [0.15, 0.2) is 11.0 Å². The predicted molar refractivity (Wildman–Crippen MR) is 86.3 cm³/mol.